The van der Waals surface area contributed by atoms with Crippen LogP contribution in [0.5, 0.6) is 5.75 Å². The quantitative estimate of drug-likeness (QED) is 0.588. The smallest absolute Gasteiger partial charge is 0.255 e. The molecule has 1 N–H and O–H groups in total. The number of carbonyl (C=O) groups excluding carboxylic acids is 1. The molecule has 2 aromatic carbocycles. The van der Waals surface area contributed by atoms with Gasteiger partial charge in [0, 0.05) is 36.4 Å². The molecule has 1 amide bonds. The third-order valence-electron chi connectivity index (χ3n) is 4.83. The molecule has 1 heterocycles. The molecule has 6 heteroatoms. The van der Waals surface area contributed by atoms with Crippen LogP contribution in [0, 0.1) is 5.92 Å². The zero-order valence-corrected chi connectivity index (χ0v) is 17.8. The van der Waals surface area contributed by atoms with Gasteiger partial charge in [-0.3, -0.25) is 4.79 Å². The summed E-state index contributed by atoms with van der Waals surface area (Å²) in [4.78, 5) is 15.0. The van der Waals surface area contributed by atoms with E-state index < -0.39 is 0 Å². The van der Waals surface area contributed by atoms with Crippen LogP contribution in [-0.4, -0.2) is 45.4 Å². The number of anilines is 1. The van der Waals surface area contributed by atoms with E-state index in [1.165, 1.54) is 5.69 Å². The van der Waals surface area contributed by atoms with Gasteiger partial charge in [0.05, 0.1) is 12.2 Å². The van der Waals surface area contributed by atoms with Gasteiger partial charge in [-0.05, 0) is 49.6 Å². The Kier molecular flexibility index (Phi) is 7.74. The number of para-hydroxylation sites is 1. The fourth-order valence-electron chi connectivity index (χ4n) is 3.37. The second kappa shape index (κ2) is 10.5. The van der Waals surface area contributed by atoms with E-state index in [0.29, 0.717) is 43.6 Å². The molecule has 1 atom stereocenters. The first kappa shape index (κ1) is 20.7. The van der Waals surface area contributed by atoms with Crippen molar-refractivity contribution in [1.29, 1.82) is 0 Å². The standard InChI is InChI=1S/C22H27BrN2O3/c1-2-27-12-13-28-21-9-4-3-8-20(21)22(26)24-15-17-10-11-25(16-17)19-7-5-6-18(23)14-19/h3-9,14,17H,2,10-13,15-16H2,1H3,(H,24,26). The maximum absolute atomic E-state index is 12.7. The minimum Gasteiger partial charge on any atom is -0.490 e. The second-order valence-corrected chi connectivity index (χ2v) is 7.75. The number of benzene rings is 2. The Morgan fingerprint density at radius 2 is 2.07 bits per heavy atom. The third kappa shape index (κ3) is 5.72. The predicted octanol–water partition coefficient (Wildman–Crippen LogP) is 4.12. The highest BCUT2D eigenvalue weighted by atomic mass is 79.9. The number of ether oxygens (including phenoxy) is 2. The molecule has 1 aliphatic rings. The van der Waals surface area contributed by atoms with Crippen LogP contribution >= 0.6 is 15.9 Å². The molecule has 28 heavy (non-hydrogen) atoms. The van der Waals surface area contributed by atoms with Crippen molar-refractivity contribution < 1.29 is 14.3 Å². The Balaban J connectivity index is 1.51. The van der Waals surface area contributed by atoms with Gasteiger partial charge in [0.2, 0.25) is 0 Å². The van der Waals surface area contributed by atoms with Gasteiger partial charge in [0.25, 0.3) is 5.91 Å². The molecular weight excluding hydrogens is 420 g/mol. The molecule has 0 bridgehead atoms. The van der Waals surface area contributed by atoms with Crippen LogP contribution in [0.1, 0.15) is 23.7 Å². The Bertz CT molecular complexity index is 784. The van der Waals surface area contributed by atoms with Crippen LogP contribution in [-0.2, 0) is 4.74 Å². The number of rotatable bonds is 9. The summed E-state index contributed by atoms with van der Waals surface area (Å²) in [6, 6.07) is 15.7. The summed E-state index contributed by atoms with van der Waals surface area (Å²) in [5.74, 6) is 0.948. The number of carbonyl (C=O) groups is 1. The lowest BCUT2D eigenvalue weighted by atomic mass is 10.1. The molecule has 0 radical (unpaired) electrons. The third-order valence-corrected chi connectivity index (χ3v) is 5.32. The van der Waals surface area contributed by atoms with E-state index in [1.807, 2.05) is 31.2 Å². The number of hydrogen-bond donors (Lipinski definition) is 1. The number of amides is 1. The molecule has 0 spiro atoms. The minimum atomic E-state index is -0.0899. The van der Waals surface area contributed by atoms with Crippen molar-refractivity contribution >= 4 is 27.5 Å². The van der Waals surface area contributed by atoms with E-state index in [9.17, 15) is 4.79 Å². The zero-order valence-electron chi connectivity index (χ0n) is 16.2. The summed E-state index contributed by atoms with van der Waals surface area (Å²) in [5, 5.41) is 3.08. The highest BCUT2D eigenvalue weighted by Gasteiger charge is 2.24. The molecular formula is C22H27BrN2O3. The van der Waals surface area contributed by atoms with Crippen molar-refractivity contribution in [3.05, 3.63) is 58.6 Å². The minimum absolute atomic E-state index is 0.0899. The summed E-state index contributed by atoms with van der Waals surface area (Å²) in [6.45, 7) is 6.17. The number of nitrogens with one attached hydrogen (secondary N) is 1. The number of hydrogen-bond acceptors (Lipinski definition) is 4. The highest BCUT2D eigenvalue weighted by molar-refractivity contribution is 9.10. The summed E-state index contributed by atoms with van der Waals surface area (Å²) < 4.78 is 12.1. The molecule has 5 nitrogen and oxygen atoms in total. The first-order valence-electron chi connectivity index (χ1n) is 9.75. The van der Waals surface area contributed by atoms with E-state index in [2.05, 4.69) is 44.3 Å². The van der Waals surface area contributed by atoms with Gasteiger partial charge >= 0.3 is 0 Å². The first-order valence-corrected chi connectivity index (χ1v) is 10.5. The van der Waals surface area contributed by atoms with Gasteiger partial charge in [-0.15, -0.1) is 0 Å². The molecule has 150 valence electrons. The maximum Gasteiger partial charge on any atom is 0.255 e. The average Bonchev–Trinajstić information content (AvgIpc) is 3.19. The lowest BCUT2D eigenvalue weighted by Crippen LogP contribution is -2.31. The first-order chi connectivity index (χ1) is 13.7. The van der Waals surface area contributed by atoms with Crippen molar-refractivity contribution in [3.8, 4) is 5.75 Å². The van der Waals surface area contributed by atoms with E-state index in [0.717, 1.165) is 24.0 Å². The van der Waals surface area contributed by atoms with Crippen molar-refractivity contribution in [2.75, 3.05) is 44.4 Å². The Morgan fingerprint density at radius 1 is 1.21 bits per heavy atom. The summed E-state index contributed by atoms with van der Waals surface area (Å²) in [5.41, 5.74) is 1.79. The number of halogens is 1. The molecule has 1 unspecified atom stereocenters. The van der Waals surface area contributed by atoms with Crippen LogP contribution in [0.25, 0.3) is 0 Å². The van der Waals surface area contributed by atoms with Gasteiger partial charge in [-0.25, -0.2) is 0 Å². The summed E-state index contributed by atoms with van der Waals surface area (Å²) in [7, 11) is 0. The fraction of sp³-hybridized carbons (Fsp3) is 0.409. The zero-order chi connectivity index (χ0) is 19.8. The normalized spacial score (nSPS) is 16.2. The van der Waals surface area contributed by atoms with Gasteiger partial charge in [0.15, 0.2) is 0 Å². The molecule has 2 aromatic rings. The van der Waals surface area contributed by atoms with E-state index in [1.54, 1.807) is 6.07 Å². The number of nitrogens with zero attached hydrogens (tertiary/aromatic N) is 1. The van der Waals surface area contributed by atoms with E-state index in [-0.39, 0.29) is 5.91 Å². The molecule has 0 aliphatic carbocycles. The van der Waals surface area contributed by atoms with Crippen molar-refractivity contribution in [2.24, 2.45) is 5.92 Å². The molecule has 0 saturated carbocycles. The Labute approximate surface area is 175 Å². The topological polar surface area (TPSA) is 50.8 Å². The molecule has 0 aromatic heterocycles. The van der Waals surface area contributed by atoms with Gasteiger partial charge in [0.1, 0.15) is 12.4 Å². The molecule has 1 aliphatic heterocycles. The van der Waals surface area contributed by atoms with Crippen molar-refractivity contribution in [1.82, 2.24) is 5.32 Å². The van der Waals surface area contributed by atoms with Crippen molar-refractivity contribution in [3.63, 3.8) is 0 Å². The van der Waals surface area contributed by atoms with Crippen LogP contribution in [0.4, 0.5) is 5.69 Å². The Morgan fingerprint density at radius 3 is 2.89 bits per heavy atom. The maximum atomic E-state index is 12.7. The average molecular weight is 447 g/mol. The van der Waals surface area contributed by atoms with Gasteiger partial charge in [-0.2, -0.15) is 0 Å². The van der Waals surface area contributed by atoms with Crippen LogP contribution < -0.4 is 15.0 Å². The van der Waals surface area contributed by atoms with Crippen LogP contribution in [0.3, 0.4) is 0 Å². The van der Waals surface area contributed by atoms with Gasteiger partial charge in [-0.1, -0.05) is 34.1 Å². The summed E-state index contributed by atoms with van der Waals surface area (Å²) >= 11 is 3.53. The lowest BCUT2D eigenvalue weighted by molar-refractivity contribution is 0.0931. The van der Waals surface area contributed by atoms with Gasteiger partial charge < -0.3 is 19.7 Å². The largest absolute Gasteiger partial charge is 0.490 e. The van der Waals surface area contributed by atoms with E-state index >= 15 is 0 Å². The predicted molar refractivity (Wildman–Crippen MR) is 115 cm³/mol. The second-order valence-electron chi connectivity index (χ2n) is 6.83. The highest BCUT2D eigenvalue weighted by Crippen LogP contribution is 2.26. The summed E-state index contributed by atoms with van der Waals surface area (Å²) in [6.07, 6.45) is 1.07. The molecule has 3 rings (SSSR count). The molecule has 1 saturated heterocycles. The monoisotopic (exact) mass is 446 g/mol. The Hall–Kier alpha value is -2.05. The van der Waals surface area contributed by atoms with Crippen LogP contribution in [0.2, 0.25) is 0 Å². The van der Waals surface area contributed by atoms with Crippen molar-refractivity contribution in [2.45, 2.75) is 13.3 Å². The lowest BCUT2D eigenvalue weighted by Gasteiger charge is -2.19. The fourth-order valence-corrected chi connectivity index (χ4v) is 3.76. The molecule has 1 fully saturated rings. The van der Waals surface area contributed by atoms with Crippen LogP contribution in [0.15, 0.2) is 53.0 Å². The SMILES string of the molecule is CCOCCOc1ccccc1C(=O)NCC1CCN(c2cccc(Br)c2)C1. The van der Waals surface area contributed by atoms with E-state index in [4.69, 9.17) is 9.47 Å².